The zero-order chi connectivity index (χ0) is 11.5. The van der Waals surface area contributed by atoms with Crippen LogP contribution in [0.15, 0.2) is 24.5 Å². The Bertz CT molecular complexity index is 524. The molecule has 0 aromatic carbocycles. The molecule has 2 aromatic heterocycles. The SMILES string of the molecule is NC(=O)c1ncccc1-c1ncc(CO)s1. The molecule has 82 valence electrons. The smallest absolute Gasteiger partial charge is 0.268 e. The maximum absolute atomic E-state index is 11.2. The quantitative estimate of drug-likeness (QED) is 0.823. The summed E-state index contributed by atoms with van der Waals surface area (Å²) in [5.41, 5.74) is 6.01. The Labute approximate surface area is 95.6 Å². The molecular formula is C10H9N3O2S. The van der Waals surface area contributed by atoms with E-state index in [0.717, 1.165) is 4.88 Å². The molecule has 2 aromatic rings. The minimum absolute atomic E-state index is 0.0656. The highest BCUT2D eigenvalue weighted by atomic mass is 32.1. The zero-order valence-corrected chi connectivity index (χ0v) is 9.07. The summed E-state index contributed by atoms with van der Waals surface area (Å²) in [6.07, 6.45) is 3.07. The number of aliphatic hydroxyl groups excluding tert-OH is 1. The summed E-state index contributed by atoms with van der Waals surface area (Å²) in [6.45, 7) is -0.0656. The lowest BCUT2D eigenvalue weighted by atomic mass is 10.2. The second kappa shape index (κ2) is 4.38. The summed E-state index contributed by atoms with van der Waals surface area (Å²) in [4.78, 5) is 19.9. The number of rotatable bonds is 3. The monoisotopic (exact) mass is 235 g/mol. The second-order valence-electron chi connectivity index (χ2n) is 3.05. The molecular weight excluding hydrogens is 226 g/mol. The van der Waals surface area contributed by atoms with Crippen LogP contribution in [0.3, 0.4) is 0 Å². The van der Waals surface area contributed by atoms with Gasteiger partial charge in [0, 0.05) is 18.0 Å². The predicted molar refractivity (Wildman–Crippen MR) is 59.8 cm³/mol. The molecule has 0 unspecified atom stereocenters. The molecule has 0 fully saturated rings. The van der Waals surface area contributed by atoms with Gasteiger partial charge in [-0.05, 0) is 12.1 Å². The zero-order valence-electron chi connectivity index (χ0n) is 8.25. The fraction of sp³-hybridized carbons (Fsp3) is 0.100. The molecule has 1 amide bonds. The van der Waals surface area contributed by atoms with Crippen molar-refractivity contribution in [2.24, 2.45) is 5.73 Å². The number of nitrogens with two attached hydrogens (primary N) is 1. The Morgan fingerprint density at radius 1 is 1.50 bits per heavy atom. The topological polar surface area (TPSA) is 89.1 Å². The van der Waals surface area contributed by atoms with Crippen molar-refractivity contribution in [3.8, 4) is 10.6 Å². The molecule has 0 saturated heterocycles. The lowest BCUT2D eigenvalue weighted by Gasteiger charge is -2.00. The number of carbonyl (C=O) groups is 1. The van der Waals surface area contributed by atoms with E-state index in [4.69, 9.17) is 10.8 Å². The summed E-state index contributed by atoms with van der Waals surface area (Å²) < 4.78 is 0. The van der Waals surface area contributed by atoms with Crippen LogP contribution in [0.1, 0.15) is 15.4 Å². The fourth-order valence-electron chi connectivity index (χ4n) is 1.28. The third-order valence-electron chi connectivity index (χ3n) is 1.98. The van der Waals surface area contributed by atoms with Gasteiger partial charge in [-0.15, -0.1) is 11.3 Å². The van der Waals surface area contributed by atoms with Crippen molar-refractivity contribution in [1.82, 2.24) is 9.97 Å². The number of aliphatic hydroxyl groups is 1. The van der Waals surface area contributed by atoms with Crippen molar-refractivity contribution in [1.29, 1.82) is 0 Å². The number of pyridine rings is 1. The lowest BCUT2D eigenvalue weighted by molar-refractivity contribution is 0.0996. The van der Waals surface area contributed by atoms with Crippen LogP contribution in [0.25, 0.3) is 10.6 Å². The third-order valence-corrected chi connectivity index (χ3v) is 3.00. The van der Waals surface area contributed by atoms with Crippen molar-refractivity contribution < 1.29 is 9.90 Å². The number of thiazole rings is 1. The summed E-state index contributed by atoms with van der Waals surface area (Å²) >= 11 is 1.31. The number of hydrogen-bond acceptors (Lipinski definition) is 5. The number of hydrogen-bond donors (Lipinski definition) is 2. The largest absolute Gasteiger partial charge is 0.391 e. The standard InChI is InChI=1S/C10H9N3O2S/c11-9(15)8-7(2-1-3-12-8)10-13-4-6(5-14)16-10/h1-4,14H,5H2,(H2,11,15). The van der Waals surface area contributed by atoms with E-state index in [1.807, 2.05) is 0 Å². The van der Waals surface area contributed by atoms with Gasteiger partial charge < -0.3 is 10.8 Å². The van der Waals surface area contributed by atoms with E-state index >= 15 is 0 Å². The summed E-state index contributed by atoms with van der Waals surface area (Å²) in [5.74, 6) is -0.587. The maximum atomic E-state index is 11.2. The van der Waals surface area contributed by atoms with Gasteiger partial charge in [-0.3, -0.25) is 9.78 Å². The van der Waals surface area contributed by atoms with Crippen LogP contribution < -0.4 is 5.73 Å². The average Bonchev–Trinajstić information content (AvgIpc) is 2.77. The molecule has 0 aliphatic rings. The van der Waals surface area contributed by atoms with Gasteiger partial charge in [-0.1, -0.05) is 0 Å². The van der Waals surface area contributed by atoms with Crippen LogP contribution in [-0.4, -0.2) is 21.0 Å². The minimum atomic E-state index is -0.587. The fourth-order valence-corrected chi connectivity index (χ4v) is 2.08. The van der Waals surface area contributed by atoms with Crippen LogP contribution in [0.4, 0.5) is 0 Å². The molecule has 0 bridgehead atoms. The van der Waals surface area contributed by atoms with Crippen LogP contribution in [0.5, 0.6) is 0 Å². The first-order valence-corrected chi connectivity index (χ1v) is 5.34. The lowest BCUT2D eigenvalue weighted by Crippen LogP contribution is -2.14. The molecule has 2 rings (SSSR count). The van der Waals surface area contributed by atoms with E-state index in [1.165, 1.54) is 17.5 Å². The molecule has 5 nitrogen and oxygen atoms in total. The van der Waals surface area contributed by atoms with Gasteiger partial charge in [-0.2, -0.15) is 0 Å². The van der Waals surface area contributed by atoms with Gasteiger partial charge >= 0.3 is 0 Å². The van der Waals surface area contributed by atoms with Crippen molar-refractivity contribution in [3.63, 3.8) is 0 Å². The van der Waals surface area contributed by atoms with Gasteiger partial charge in [0.2, 0.25) is 0 Å². The van der Waals surface area contributed by atoms with Crippen LogP contribution in [0, 0.1) is 0 Å². The van der Waals surface area contributed by atoms with Crippen molar-refractivity contribution in [3.05, 3.63) is 35.1 Å². The predicted octanol–water partition coefficient (Wildman–Crippen LogP) is 0.796. The molecule has 0 aliphatic heterocycles. The van der Waals surface area contributed by atoms with Gasteiger partial charge in [0.15, 0.2) is 0 Å². The highest BCUT2D eigenvalue weighted by molar-refractivity contribution is 7.15. The molecule has 16 heavy (non-hydrogen) atoms. The average molecular weight is 235 g/mol. The number of carbonyl (C=O) groups excluding carboxylic acids is 1. The molecule has 0 saturated carbocycles. The van der Waals surface area contributed by atoms with Crippen LogP contribution in [-0.2, 0) is 6.61 Å². The summed E-state index contributed by atoms with van der Waals surface area (Å²) in [5, 5.41) is 9.57. The normalized spacial score (nSPS) is 10.3. The second-order valence-corrected chi connectivity index (χ2v) is 4.17. The van der Waals surface area contributed by atoms with Gasteiger partial charge in [0.25, 0.3) is 5.91 Å². The van der Waals surface area contributed by atoms with Crippen LogP contribution >= 0.6 is 11.3 Å². The Kier molecular flexibility index (Phi) is 2.93. The van der Waals surface area contributed by atoms with E-state index in [-0.39, 0.29) is 12.3 Å². The Balaban J connectivity index is 2.50. The number of nitrogens with zero attached hydrogens (tertiary/aromatic N) is 2. The third kappa shape index (κ3) is 1.93. The first-order chi connectivity index (χ1) is 7.72. The van der Waals surface area contributed by atoms with Gasteiger partial charge in [0.1, 0.15) is 10.7 Å². The molecule has 6 heteroatoms. The van der Waals surface area contributed by atoms with E-state index in [9.17, 15) is 4.79 Å². The Morgan fingerprint density at radius 3 is 2.94 bits per heavy atom. The highest BCUT2D eigenvalue weighted by Crippen LogP contribution is 2.26. The number of aromatic nitrogens is 2. The van der Waals surface area contributed by atoms with E-state index < -0.39 is 5.91 Å². The minimum Gasteiger partial charge on any atom is -0.391 e. The van der Waals surface area contributed by atoms with Crippen molar-refractivity contribution >= 4 is 17.2 Å². The number of primary amides is 1. The first kappa shape index (κ1) is 10.7. The molecule has 0 atom stereocenters. The maximum Gasteiger partial charge on any atom is 0.268 e. The van der Waals surface area contributed by atoms with E-state index in [1.54, 1.807) is 18.3 Å². The van der Waals surface area contributed by atoms with E-state index in [2.05, 4.69) is 9.97 Å². The first-order valence-electron chi connectivity index (χ1n) is 4.53. The van der Waals surface area contributed by atoms with Crippen molar-refractivity contribution in [2.45, 2.75) is 6.61 Å². The van der Waals surface area contributed by atoms with Crippen LogP contribution in [0.2, 0.25) is 0 Å². The molecule has 0 radical (unpaired) electrons. The molecule has 2 heterocycles. The Morgan fingerprint density at radius 2 is 2.31 bits per heavy atom. The van der Waals surface area contributed by atoms with Gasteiger partial charge in [0.05, 0.1) is 11.5 Å². The van der Waals surface area contributed by atoms with Gasteiger partial charge in [-0.25, -0.2) is 4.98 Å². The molecule has 0 aliphatic carbocycles. The molecule has 0 spiro atoms. The Hall–Kier alpha value is -1.79. The number of amides is 1. The summed E-state index contributed by atoms with van der Waals surface area (Å²) in [6, 6.07) is 3.44. The molecule has 3 N–H and O–H groups in total. The van der Waals surface area contributed by atoms with Crippen molar-refractivity contribution in [2.75, 3.05) is 0 Å². The highest BCUT2D eigenvalue weighted by Gasteiger charge is 2.13. The van der Waals surface area contributed by atoms with E-state index in [0.29, 0.717) is 10.6 Å². The summed E-state index contributed by atoms with van der Waals surface area (Å²) in [7, 11) is 0.